The van der Waals surface area contributed by atoms with Gasteiger partial charge in [-0.1, -0.05) is 13.0 Å². The van der Waals surface area contributed by atoms with Crippen molar-refractivity contribution >= 4 is 0 Å². The summed E-state index contributed by atoms with van der Waals surface area (Å²) in [7, 11) is 1.70. The van der Waals surface area contributed by atoms with Crippen molar-refractivity contribution in [1.29, 1.82) is 5.26 Å². The Morgan fingerprint density at radius 2 is 2.11 bits per heavy atom. The maximum atomic E-state index is 8.57. The van der Waals surface area contributed by atoms with Gasteiger partial charge < -0.3 is 9.64 Å². The lowest BCUT2D eigenvalue weighted by atomic mass is 10.0. The number of nitriles is 1. The van der Waals surface area contributed by atoms with Crippen molar-refractivity contribution in [2.75, 3.05) is 26.7 Å². The highest BCUT2D eigenvalue weighted by Crippen LogP contribution is 2.17. The van der Waals surface area contributed by atoms with Gasteiger partial charge in [0.2, 0.25) is 0 Å². The van der Waals surface area contributed by atoms with Crippen LogP contribution in [0.5, 0.6) is 5.75 Å². The van der Waals surface area contributed by atoms with E-state index < -0.39 is 0 Å². The van der Waals surface area contributed by atoms with E-state index >= 15 is 0 Å². The Kier molecular flexibility index (Phi) is 6.99. The van der Waals surface area contributed by atoms with E-state index in [9.17, 15) is 0 Å². The predicted octanol–water partition coefficient (Wildman–Crippen LogP) is 3.17. The molecule has 1 aromatic rings. The number of hydrogen-bond donors (Lipinski definition) is 0. The second kappa shape index (κ2) is 8.55. The minimum atomic E-state index is 0.648. The lowest BCUT2D eigenvalue weighted by Gasteiger charge is -2.20. The largest absolute Gasteiger partial charge is 0.497 e. The van der Waals surface area contributed by atoms with Crippen molar-refractivity contribution in [2.45, 2.75) is 33.1 Å². The molecule has 0 heterocycles. The van der Waals surface area contributed by atoms with Gasteiger partial charge in [-0.05, 0) is 56.1 Å². The highest BCUT2D eigenvalue weighted by molar-refractivity contribution is 5.35. The van der Waals surface area contributed by atoms with E-state index in [0.717, 1.165) is 38.2 Å². The SMILES string of the molecule is CCN(CCCC#N)CCc1cc(OC)ccc1C. The topological polar surface area (TPSA) is 36.3 Å². The zero-order valence-electron chi connectivity index (χ0n) is 12.3. The second-order valence-electron chi connectivity index (χ2n) is 4.74. The summed E-state index contributed by atoms with van der Waals surface area (Å²) in [5.74, 6) is 0.924. The van der Waals surface area contributed by atoms with Crippen molar-refractivity contribution in [3.8, 4) is 11.8 Å². The Morgan fingerprint density at radius 1 is 1.32 bits per heavy atom. The van der Waals surface area contributed by atoms with Gasteiger partial charge in [0.05, 0.1) is 13.2 Å². The van der Waals surface area contributed by atoms with Gasteiger partial charge in [-0.15, -0.1) is 0 Å². The second-order valence-corrected chi connectivity index (χ2v) is 4.74. The number of ether oxygens (including phenoxy) is 1. The third-order valence-corrected chi connectivity index (χ3v) is 3.46. The molecule has 0 saturated carbocycles. The molecule has 0 N–H and O–H groups in total. The van der Waals surface area contributed by atoms with Gasteiger partial charge in [0, 0.05) is 13.0 Å². The van der Waals surface area contributed by atoms with Gasteiger partial charge in [-0.3, -0.25) is 0 Å². The molecule has 0 aromatic heterocycles. The number of rotatable bonds is 8. The van der Waals surface area contributed by atoms with Crippen LogP contribution in [-0.2, 0) is 6.42 Å². The smallest absolute Gasteiger partial charge is 0.119 e. The van der Waals surface area contributed by atoms with Gasteiger partial charge in [-0.25, -0.2) is 0 Å². The van der Waals surface area contributed by atoms with Gasteiger partial charge in [0.1, 0.15) is 5.75 Å². The van der Waals surface area contributed by atoms with Crippen molar-refractivity contribution in [2.24, 2.45) is 0 Å². The van der Waals surface area contributed by atoms with Crippen LogP contribution in [0.3, 0.4) is 0 Å². The van der Waals surface area contributed by atoms with Crippen molar-refractivity contribution < 1.29 is 4.74 Å². The summed E-state index contributed by atoms with van der Waals surface area (Å²) in [6.45, 7) is 7.39. The van der Waals surface area contributed by atoms with Crippen LogP contribution in [0.2, 0.25) is 0 Å². The molecule has 3 nitrogen and oxygen atoms in total. The van der Waals surface area contributed by atoms with Gasteiger partial charge in [0.15, 0.2) is 0 Å². The molecule has 0 atom stereocenters. The lowest BCUT2D eigenvalue weighted by molar-refractivity contribution is 0.289. The first-order valence-electron chi connectivity index (χ1n) is 6.94. The van der Waals surface area contributed by atoms with Gasteiger partial charge in [-0.2, -0.15) is 5.26 Å². The number of likely N-dealkylation sites (N-methyl/N-ethyl adjacent to an activating group) is 1. The van der Waals surface area contributed by atoms with E-state index in [0.29, 0.717) is 6.42 Å². The Morgan fingerprint density at radius 3 is 2.74 bits per heavy atom. The van der Waals surface area contributed by atoms with E-state index in [1.165, 1.54) is 11.1 Å². The first-order valence-corrected chi connectivity index (χ1v) is 6.94. The fraction of sp³-hybridized carbons (Fsp3) is 0.562. The standard InChI is InChI=1S/C16H24N2O/c1-4-18(11-6-5-10-17)12-9-15-13-16(19-3)8-7-14(15)2/h7-8,13H,4-6,9,11-12H2,1-3H3. The van der Waals surface area contributed by atoms with Crippen molar-refractivity contribution in [1.82, 2.24) is 4.90 Å². The Balaban J connectivity index is 2.52. The number of unbranched alkanes of at least 4 members (excludes halogenated alkanes) is 1. The molecule has 0 aliphatic rings. The van der Waals surface area contributed by atoms with Crippen LogP contribution >= 0.6 is 0 Å². The van der Waals surface area contributed by atoms with Crippen LogP contribution in [0.15, 0.2) is 18.2 Å². The molecule has 0 radical (unpaired) electrons. The Labute approximate surface area is 116 Å². The highest BCUT2D eigenvalue weighted by Gasteiger charge is 2.05. The fourth-order valence-corrected chi connectivity index (χ4v) is 2.13. The average Bonchev–Trinajstić information content (AvgIpc) is 2.44. The molecule has 1 rings (SSSR count). The normalized spacial score (nSPS) is 10.5. The van der Waals surface area contributed by atoms with Crippen molar-refractivity contribution in [3.05, 3.63) is 29.3 Å². The molecule has 0 fully saturated rings. The fourth-order valence-electron chi connectivity index (χ4n) is 2.13. The van der Waals surface area contributed by atoms with Crippen LogP contribution in [0.25, 0.3) is 0 Å². The van der Waals surface area contributed by atoms with E-state index in [-0.39, 0.29) is 0 Å². The van der Waals surface area contributed by atoms with Crippen LogP contribution < -0.4 is 4.74 Å². The van der Waals surface area contributed by atoms with E-state index in [4.69, 9.17) is 10.00 Å². The summed E-state index contributed by atoms with van der Waals surface area (Å²) >= 11 is 0. The number of hydrogen-bond acceptors (Lipinski definition) is 3. The summed E-state index contributed by atoms with van der Waals surface area (Å²) in [4.78, 5) is 2.40. The summed E-state index contributed by atoms with van der Waals surface area (Å²) in [6.07, 6.45) is 2.64. The van der Waals surface area contributed by atoms with E-state index in [1.807, 2.05) is 6.07 Å². The molecule has 3 heteroatoms. The summed E-state index contributed by atoms with van der Waals surface area (Å²) < 4.78 is 5.27. The molecule has 0 unspecified atom stereocenters. The minimum Gasteiger partial charge on any atom is -0.497 e. The molecule has 104 valence electrons. The Bertz CT molecular complexity index is 423. The molecule has 0 saturated heterocycles. The molecule has 1 aromatic carbocycles. The first-order chi connectivity index (χ1) is 9.21. The number of aryl methyl sites for hydroxylation is 1. The predicted molar refractivity (Wildman–Crippen MR) is 78.4 cm³/mol. The number of benzene rings is 1. The molecular formula is C16H24N2O. The number of methoxy groups -OCH3 is 1. The molecule has 0 amide bonds. The zero-order valence-corrected chi connectivity index (χ0v) is 12.3. The maximum absolute atomic E-state index is 8.57. The van der Waals surface area contributed by atoms with Gasteiger partial charge in [0.25, 0.3) is 0 Å². The molecule has 0 bridgehead atoms. The molecule has 19 heavy (non-hydrogen) atoms. The average molecular weight is 260 g/mol. The quantitative estimate of drug-likeness (QED) is 0.674. The third kappa shape index (κ3) is 5.32. The molecular weight excluding hydrogens is 236 g/mol. The monoisotopic (exact) mass is 260 g/mol. The van der Waals surface area contributed by atoms with Gasteiger partial charge >= 0.3 is 0 Å². The number of nitrogens with zero attached hydrogens (tertiary/aromatic N) is 2. The molecule has 0 aliphatic heterocycles. The first kappa shape index (κ1) is 15.5. The zero-order chi connectivity index (χ0) is 14.1. The van der Waals surface area contributed by atoms with Crippen LogP contribution in [-0.4, -0.2) is 31.6 Å². The summed E-state index contributed by atoms with van der Waals surface area (Å²) in [5.41, 5.74) is 2.66. The van der Waals surface area contributed by atoms with Crippen LogP contribution in [0.1, 0.15) is 30.9 Å². The van der Waals surface area contributed by atoms with Crippen molar-refractivity contribution in [3.63, 3.8) is 0 Å². The molecule has 0 aliphatic carbocycles. The maximum Gasteiger partial charge on any atom is 0.119 e. The molecule has 0 spiro atoms. The minimum absolute atomic E-state index is 0.648. The van der Waals surface area contributed by atoms with E-state index in [1.54, 1.807) is 7.11 Å². The third-order valence-electron chi connectivity index (χ3n) is 3.46. The summed E-state index contributed by atoms with van der Waals surface area (Å²) in [6, 6.07) is 8.44. The Hall–Kier alpha value is -1.53. The lowest BCUT2D eigenvalue weighted by Crippen LogP contribution is -2.27. The van der Waals surface area contributed by atoms with E-state index in [2.05, 4.69) is 36.9 Å². The summed E-state index contributed by atoms with van der Waals surface area (Å²) in [5, 5.41) is 8.57. The van der Waals surface area contributed by atoms with Crippen LogP contribution in [0, 0.1) is 18.3 Å². The highest BCUT2D eigenvalue weighted by atomic mass is 16.5. The van der Waals surface area contributed by atoms with Crippen LogP contribution in [0.4, 0.5) is 0 Å².